The summed E-state index contributed by atoms with van der Waals surface area (Å²) in [6, 6.07) is 6.42. The number of benzene rings is 1. The largest absolute Gasteiger partial charge is 0.481 e. The van der Waals surface area contributed by atoms with Gasteiger partial charge in [0.2, 0.25) is 0 Å². The molecule has 0 aliphatic rings. The van der Waals surface area contributed by atoms with Crippen LogP contribution in [0.3, 0.4) is 0 Å². The van der Waals surface area contributed by atoms with Gasteiger partial charge in [0.15, 0.2) is 0 Å². The number of rotatable bonds is 3. The molecule has 0 radical (unpaired) electrons. The van der Waals surface area contributed by atoms with Crippen LogP contribution in [0.25, 0.3) is 11.0 Å². The van der Waals surface area contributed by atoms with Crippen LogP contribution in [-0.2, 0) is 11.2 Å². The van der Waals surface area contributed by atoms with Gasteiger partial charge in [-0.3, -0.25) is 4.79 Å². The van der Waals surface area contributed by atoms with Gasteiger partial charge in [-0.25, -0.2) is 4.79 Å². The Hall–Kier alpha value is -2.30. The van der Waals surface area contributed by atoms with Crippen LogP contribution in [0.2, 0.25) is 0 Å². The molecule has 2 N–H and O–H groups in total. The number of hydrogen-bond acceptors (Lipinski definition) is 4. The van der Waals surface area contributed by atoms with E-state index >= 15 is 0 Å². The number of carboxylic acid groups (broad SMARTS) is 1. The van der Waals surface area contributed by atoms with Gasteiger partial charge in [-0.1, -0.05) is 13.8 Å². The SMILES string of the molecule is CC.CNc1ccc2c(CC(=O)O)cc(=O)oc2c1. The molecule has 102 valence electrons. The first kappa shape index (κ1) is 14.8. The molecule has 0 amide bonds. The zero-order chi connectivity index (χ0) is 14.4. The van der Waals surface area contributed by atoms with E-state index in [0.717, 1.165) is 5.69 Å². The van der Waals surface area contributed by atoms with Gasteiger partial charge < -0.3 is 14.8 Å². The minimum atomic E-state index is -0.977. The zero-order valence-corrected chi connectivity index (χ0v) is 11.2. The van der Waals surface area contributed by atoms with E-state index in [1.165, 1.54) is 6.07 Å². The topological polar surface area (TPSA) is 79.5 Å². The van der Waals surface area contributed by atoms with Crippen LogP contribution in [0, 0.1) is 0 Å². The average molecular weight is 263 g/mol. The monoisotopic (exact) mass is 263 g/mol. The smallest absolute Gasteiger partial charge is 0.336 e. The van der Waals surface area contributed by atoms with Crippen molar-refractivity contribution in [2.75, 3.05) is 12.4 Å². The number of nitrogens with one attached hydrogen (secondary N) is 1. The second-order valence-electron chi connectivity index (χ2n) is 3.62. The van der Waals surface area contributed by atoms with E-state index in [1.54, 1.807) is 25.2 Å². The molecule has 0 aliphatic carbocycles. The Morgan fingerprint density at radius 2 is 2.00 bits per heavy atom. The standard InChI is InChI=1S/C12H11NO4.C2H6/c1-13-8-2-3-9-7(4-11(14)15)5-12(16)17-10(9)6-8;1-2/h2-3,5-6,13H,4H2,1H3,(H,14,15);1-2H3. The first-order chi connectivity index (χ1) is 9.10. The van der Waals surface area contributed by atoms with Crippen LogP contribution in [-0.4, -0.2) is 18.1 Å². The molecule has 0 atom stereocenters. The van der Waals surface area contributed by atoms with Crippen molar-refractivity contribution >= 4 is 22.6 Å². The van der Waals surface area contributed by atoms with Gasteiger partial charge in [0.25, 0.3) is 0 Å². The lowest BCUT2D eigenvalue weighted by molar-refractivity contribution is -0.136. The minimum Gasteiger partial charge on any atom is -0.481 e. The molecule has 2 aromatic rings. The van der Waals surface area contributed by atoms with Crippen LogP contribution in [0.1, 0.15) is 19.4 Å². The summed E-state index contributed by atoms with van der Waals surface area (Å²) in [6.45, 7) is 4.00. The molecule has 0 saturated heterocycles. The molecule has 0 unspecified atom stereocenters. The lowest BCUT2D eigenvalue weighted by atomic mass is 10.1. The molecule has 1 heterocycles. The van der Waals surface area contributed by atoms with Crippen molar-refractivity contribution in [1.29, 1.82) is 0 Å². The number of aliphatic carboxylic acids is 1. The van der Waals surface area contributed by atoms with Crippen LogP contribution >= 0.6 is 0 Å². The number of carbonyl (C=O) groups is 1. The molecule has 1 aromatic carbocycles. The van der Waals surface area contributed by atoms with Gasteiger partial charge in [0.1, 0.15) is 5.58 Å². The third-order valence-corrected chi connectivity index (χ3v) is 2.46. The van der Waals surface area contributed by atoms with E-state index in [9.17, 15) is 9.59 Å². The minimum absolute atomic E-state index is 0.193. The molecular weight excluding hydrogens is 246 g/mol. The van der Waals surface area contributed by atoms with Crippen LogP contribution in [0.4, 0.5) is 5.69 Å². The molecule has 2 rings (SSSR count). The third kappa shape index (κ3) is 3.58. The summed E-state index contributed by atoms with van der Waals surface area (Å²) < 4.78 is 5.04. The summed E-state index contributed by atoms with van der Waals surface area (Å²) in [5, 5.41) is 12.3. The quantitative estimate of drug-likeness (QED) is 0.832. The highest BCUT2D eigenvalue weighted by Crippen LogP contribution is 2.21. The predicted octanol–water partition coefficient (Wildman–Crippen LogP) is 2.49. The second-order valence-corrected chi connectivity index (χ2v) is 3.62. The summed E-state index contributed by atoms with van der Waals surface area (Å²) in [6.07, 6.45) is -0.193. The van der Waals surface area contributed by atoms with Gasteiger partial charge in [0.05, 0.1) is 6.42 Å². The summed E-state index contributed by atoms with van der Waals surface area (Å²) in [4.78, 5) is 22.0. The molecule has 0 spiro atoms. The van der Waals surface area contributed by atoms with Crippen molar-refractivity contribution in [2.45, 2.75) is 20.3 Å². The summed E-state index contributed by atoms with van der Waals surface area (Å²) in [5.74, 6) is -0.977. The van der Waals surface area contributed by atoms with Crippen LogP contribution < -0.4 is 10.9 Å². The first-order valence-electron chi connectivity index (χ1n) is 6.06. The normalized spacial score (nSPS) is 9.63. The fraction of sp³-hybridized carbons (Fsp3) is 0.286. The molecule has 0 aliphatic heterocycles. The Bertz CT molecular complexity index is 631. The molecule has 0 bridgehead atoms. The van der Waals surface area contributed by atoms with E-state index in [1.807, 2.05) is 13.8 Å². The van der Waals surface area contributed by atoms with Crippen LogP contribution in [0.5, 0.6) is 0 Å². The number of hydrogen-bond donors (Lipinski definition) is 2. The second kappa shape index (κ2) is 6.58. The summed E-state index contributed by atoms with van der Waals surface area (Å²) in [7, 11) is 1.75. The van der Waals surface area contributed by atoms with Crippen molar-refractivity contribution in [1.82, 2.24) is 0 Å². The van der Waals surface area contributed by atoms with Gasteiger partial charge >= 0.3 is 11.6 Å². The Balaban J connectivity index is 0.000000861. The molecule has 5 heteroatoms. The fourth-order valence-electron chi connectivity index (χ4n) is 1.69. The number of anilines is 1. The molecule has 0 fully saturated rings. The van der Waals surface area contributed by atoms with Crippen molar-refractivity contribution in [3.8, 4) is 0 Å². The van der Waals surface area contributed by atoms with Gasteiger partial charge in [-0.15, -0.1) is 0 Å². The predicted molar refractivity (Wildman–Crippen MR) is 74.7 cm³/mol. The van der Waals surface area contributed by atoms with E-state index in [-0.39, 0.29) is 6.42 Å². The lowest BCUT2D eigenvalue weighted by Gasteiger charge is -2.05. The maximum Gasteiger partial charge on any atom is 0.336 e. The van der Waals surface area contributed by atoms with E-state index in [2.05, 4.69) is 5.32 Å². The summed E-state index contributed by atoms with van der Waals surface area (Å²) in [5.41, 5.74) is 1.11. The third-order valence-electron chi connectivity index (χ3n) is 2.46. The Kier molecular flexibility index (Phi) is 5.11. The fourth-order valence-corrected chi connectivity index (χ4v) is 1.69. The Morgan fingerprint density at radius 1 is 1.32 bits per heavy atom. The van der Waals surface area contributed by atoms with Crippen molar-refractivity contribution in [3.05, 3.63) is 40.2 Å². The summed E-state index contributed by atoms with van der Waals surface area (Å²) >= 11 is 0. The zero-order valence-electron chi connectivity index (χ0n) is 11.2. The number of fused-ring (bicyclic) bond motifs is 1. The lowest BCUT2D eigenvalue weighted by Crippen LogP contribution is -2.06. The molecule has 19 heavy (non-hydrogen) atoms. The van der Waals surface area contributed by atoms with Gasteiger partial charge in [0, 0.05) is 30.3 Å². The first-order valence-corrected chi connectivity index (χ1v) is 6.06. The highest BCUT2D eigenvalue weighted by Gasteiger charge is 2.09. The highest BCUT2D eigenvalue weighted by molar-refractivity contribution is 5.86. The maximum atomic E-state index is 11.3. The highest BCUT2D eigenvalue weighted by atomic mass is 16.4. The van der Waals surface area contributed by atoms with Gasteiger partial charge in [-0.2, -0.15) is 0 Å². The van der Waals surface area contributed by atoms with Crippen molar-refractivity contribution < 1.29 is 14.3 Å². The molecule has 0 saturated carbocycles. The maximum absolute atomic E-state index is 11.3. The molecular formula is C14H17NO4. The average Bonchev–Trinajstić information content (AvgIpc) is 2.39. The van der Waals surface area contributed by atoms with Crippen molar-refractivity contribution in [2.24, 2.45) is 0 Å². The van der Waals surface area contributed by atoms with Gasteiger partial charge in [-0.05, 0) is 17.7 Å². The Labute approximate surface area is 110 Å². The van der Waals surface area contributed by atoms with Crippen molar-refractivity contribution in [3.63, 3.8) is 0 Å². The molecule has 1 aromatic heterocycles. The molecule has 5 nitrogen and oxygen atoms in total. The van der Waals surface area contributed by atoms with E-state index in [0.29, 0.717) is 16.5 Å². The van der Waals surface area contributed by atoms with E-state index in [4.69, 9.17) is 9.52 Å². The number of carboxylic acids is 1. The van der Waals surface area contributed by atoms with E-state index < -0.39 is 11.6 Å². The van der Waals surface area contributed by atoms with Crippen LogP contribution in [0.15, 0.2) is 33.5 Å². The Morgan fingerprint density at radius 3 is 2.58 bits per heavy atom.